The summed E-state index contributed by atoms with van der Waals surface area (Å²) in [5.74, 6) is 0.336. The van der Waals surface area contributed by atoms with Crippen molar-refractivity contribution < 1.29 is 9.59 Å². The van der Waals surface area contributed by atoms with E-state index in [1.807, 2.05) is 65.3 Å². The molecule has 2 fully saturated rings. The lowest BCUT2D eigenvalue weighted by Crippen LogP contribution is -2.34. The number of aryl methyl sites for hydroxylation is 1. The van der Waals surface area contributed by atoms with Gasteiger partial charge < -0.3 is 9.80 Å². The third kappa shape index (κ3) is 3.24. The first-order chi connectivity index (χ1) is 12.5. The highest BCUT2D eigenvalue weighted by molar-refractivity contribution is 5.96. The first-order valence-corrected chi connectivity index (χ1v) is 9.23. The van der Waals surface area contributed by atoms with Crippen molar-refractivity contribution >= 4 is 17.5 Å². The predicted molar refractivity (Wildman–Crippen MR) is 102 cm³/mol. The zero-order valence-corrected chi connectivity index (χ0v) is 15.1. The summed E-state index contributed by atoms with van der Waals surface area (Å²) >= 11 is 0. The molecule has 2 saturated heterocycles. The van der Waals surface area contributed by atoms with E-state index in [0.29, 0.717) is 25.9 Å². The Hall–Kier alpha value is -2.62. The fourth-order valence-electron chi connectivity index (χ4n) is 4.23. The maximum Gasteiger partial charge on any atom is 0.227 e. The van der Waals surface area contributed by atoms with Crippen LogP contribution in [0.1, 0.15) is 24.0 Å². The number of carbonyl (C=O) groups excluding carboxylic acids is 2. The molecule has 2 aromatic rings. The molecule has 2 heterocycles. The first-order valence-electron chi connectivity index (χ1n) is 9.23. The summed E-state index contributed by atoms with van der Waals surface area (Å²) in [6.45, 7) is 4.19. The highest BCUT2D eigenvalue weighted by Gasteiger charge is 2.48. The van der Waals surface area contributed by atoms with Crippen molar-refractivity contribution in [3.63, 3.8) is 0 Å². The van der Waals surface area contributed by atoms with Gasteiger partial charge in [0.1, 0.15) is 0 Å². The van der Waals surface area contributed by atoms with E-state index in [-0.39, 0.29) is 17.2 Å². The van der Waals surface area contributed by atoms with Crippen molar-refractivity contribution in [1.82, 2.24) is 4.90 Å². The van der Waals surface area contributed by atoms with Crippen molar-refractivity contribution in [1.29, 1.82) is 0 Å². The van der Waals surface area contributed by atoms with Gasteiger partial charge in [-0.25, -0.2) is 0 Å². The number of benzene rings is 2. The van der Waals surface area contributed by atoms with Crippen LogP contribution < -0.4 is 4.90 Å². The molecule has 4 heteroatoms. The van der Waals surface area contributed by atoms with E-state index in [1.165, 1.54) is 0 Å². The van der Waals surface area contributed by atoms with Crippen LogP contribution in [-0.2, 0) is 16.0 Å². The van der Waals surface area contributed by atoms with Gasteiger partial charge in [0.15, 0.2) is 0 Å². The van der Waals surface area contributed by atoms with Crippen LogP contribution in [0.15, 0.2) is 54.6 Å². The molecule has 0 bridgehead atoms. The Bertz CT molecular complexity index is 833. The van der Waals surface area contributed by atoms with E-state index in [1.54, 1.807) is 0 Å². The fraction of sp³-hybridized carbons (Fsp3) is 0.364. The SMILES string of the molecule is Cc1cccc(N2CC3(CCN(C(=O)Cc4ccccc4)C3)CC2=O)c1. The van der Waals surface area contributed by atoms with Crippen molar-refractivity contribution in [3.05, 3.63) is 65.7 Å². The molecule has 2 aliphatic heterocycles. The van der Waals surface area contributed by atoms with Gasteiger partial charge in [-0.2, -0.15) is 0 Å². The van der Waals surface area contributed by atoms with Gasteiger partial charge in [0, 0.05) is 37.2 Å². The Morgan fingerprint density at radius 2 is 1.88 bits per heavy atom. The van der Waals surface area contributed by atoms with Crippen LogP contribution in [0, 0.1) is 12.3 Å². The maximum atomic E-state index is 12.7. The van der Waals surface area contributed by atoms with Crippen LogP contribution in [0.25, 0.3) is 0 Å². The molecule has 0 radical (unpaired) electrons. The van der Waals surface area contributed by atoms with E-state index < -0.39 is 0 Å². The minimum Gasteiger partial charge on any atom is -0.342 e. The van der Waals surface area contributed by atoms with Gasteiger partial charge in [0.25, 0.3) is 0 Å². The summed E-state index contributed by atoms with van der Waals surface area (Å²) in [5.41, 5.74) is 3.08. The number of hydrogen-bond donors (Lipinski definition) is 0. The second-order valence-electron chi connectivity index (χ2n) is 7.72. The molecule has 1 atom stereocenters. The Kier molecular flexibility index (Phi) is 4.27. The van der Waals surface area contributed by atoms with Gasteiger partial charge in [0.2, 0.25) is 11.8 Å². The van der Waals surface area contributed by atoms with Gasteiger partial charge in [-0.15, -0.1) is 0 Å². The number of likely N-dealkylation sites (tertiary alicyclic amines) is 1. The van der Waals surface area contributed by atoms with Crippen molar-refractivity contribution in [2.75, 3.05) is 24.5 Å². The summed E-state index contributed by atoms with van der Waals surface area (Å²) in [6.07, 6.45) is 1.88. The molecular formula is C22H24N2O2. The number of hydrogen-bond acceptors (Lipinski definition) is 2. The van der Waals surface area contributed by atoms with E-state index >= 15 is 0 Å². The number of amides is 2. The molecule has 0 saturated carbocycles. The molecule has 2 amide bonds. The molecule has 26 heavy (non-hydrogen) atoms. The van der Waals surface area contributed by atoms with Gasteiger partial charge in [-0.3, -0.25) is 9.59 Å². The van der Waals surface area contributed by atoms with Gasteiger partial charge in [0.05, 0.1) is 6.42 Å². The molecule has 134 valence electrons. The molecule has 2 aliphatic rings. The Morgan fingerprint density at radius 1 is 1.08 bits per heavy atom. The van der Waals surface area contributed by atoms with Crippen molar-refractivity contribution in [3.8, 4) is 0 Å². The summed E-state index contributed by atoms with van der Waals surface area (Å²) in [4.78, 5) is 29.1. The van der Waals surface area contributed by atoms with Gasteiger partial charge in [-0.1, -0.05) is 42.5 Å². The molecule has 2 aromatic carbocycles. The monoisotopic (exact) mass is 348 g/mol. The standard InChI is InChI=1S/C22H24N2O2/c1-17-6-5-9-19(12-17)24-16-22(14-21(24)26)10-11-23(15-22)20(25)13-18-7-3-2-4-8-18/h2-9,12H,10-11,13-16H2,1H3. The van der Waals surface area contributed by atoms with E-state index in [0.717, 1.165) is 29.8 Å². The minimum absolute atomic E-state index is 0.0901. The van der Waals surface area contributed by atoms with Crippen LogP contribution in [0.2, 0.25) is 0 Å². The quantitative estimate of drug-likeness (QED) is 0.855. The average molecular weight is 348 g/mol. The number of anilines is 1. The zero-order valence-electron chi connectivity index (χ0n) is 15.1. The van der Waals surface area contributed by atoms with Crippen LogP contribution in [0.5, 0.6) is 0 Å². The lowest BCUT2D eigenvalue weighted by molar-refractivity contribution is -0.130. The lowest BCUT2D eigenvalue weighted by atomic mass is 9.86. The second kappa shape index (κ2) is 6.60. The Labute approximate surface area is 154 Å². The molecule has 1 spiro atoms. The number of rotatable bonds is 3. The maximum absolute atomic E-state index is 12.7. The molecule has 1 unspecified atom stereocenters. The fourth-order valence-corrected chi connectivity index (χ4v) is 4.23. The largest absolute Gasteiger partial charge is 0.342 e. The van der Waals surface area contributed by atoms with Crippen molar-refractivity contribution in [2.45, 2.75) is 26.2 Å². The minimum atomic E-state index is -0.0901. The second-order valence-corrected chi connectivity index (χ2v) is 7.72. The third-order valence-corrected chi connectivity index (χ3v) is 5.62. The smallest absolute Gasteiger partial charge is 0.227 e. The Morgan fingerprint density at radius 3 is 2.65 bits per heavy atom. The highest BCUT2D eigenvalue weighted by Crippen LogP contribution is 2.42. The topological polar surface area (TPSA) is 40.6 Å². The summed E-state index contributed by atoms with van der Waals surface area (Å²) in [7, 11) is 0. The molecule has 4 nitrogen and oxygen atoms in total. The van der Waals surface area contributed by atoms with Gasteiger partial charge >= 0.3 is 0 Å². The lowest BCUT2D eigenvalue weighted by Gasteiger charge is -2.24. The van der Waals surface area contributed by atoms with Crippen LogP contribution in [0.3, 0.4) is 0 Å². The van der Waals surface area contributed by atoms with E-state index in [4.69, 9.17) is 0 Å². The molecule has 4 rings (SSSR count). The van der Waals surface area contributed by atoms with Gasteiger partial charge in [-0.05, 0) is 36.6 Å². The van der Waals surface area contributed by atoms with E-state index in [9.17, 15) is 9.59 Å². The molecular weight excluding hydrogens is 324 g/mol. The van der Waals surface area contributed by atoms with Crippen LogP contribution in [-0.4, -0.2) is 36.3 Å². The zero-order chi connectivity index (χ0) is 18.1. The average Bonchev–Trinajstić information content (AvgIpc) is 3.19. The summed E-state index contributed by atoms with van der Waals surface area (Å²) in [6, 6.07) is 18.0. The van der Waals surface area contributed by atoms with Crippen LogP contribution in [0.4, 0.5) is 5.69 Å². The third-order valence-electron chi connectivity index (χ3n) is 5.62. The molecule has 0 N–H and O–H groups in total. The highest BCUT2D eigenvalue weighted by atomic mass is 16.2. The molecule has 0 aliphatic carbocycles. The predicted octanol–water partition coefficient (Wildman–Crippen LogP) is 3.19. The first kappa shape index (κ1) is 16.8. The number of nitrogens with zero attached hydrogens (tertiary/aromatic N) is 2. The Balaban J connectivity index is 1.44. The summed E-state index contributed by atoms with van der Waals surface area (Å²) < 4.78 is 0. The molecule has 0 aromatic heterocycles. The normalized spacial score (nSPS) is 22.4. The number of carbonyl (C=O) groups is 2. The summed E-state index contributed by atoms with van der Waals surface area (Å²) in [5, 5.41) is 0. The van der Waals surface area contributed by atoms with Crippen molar-refractivity contribution in [2.24, 2.45) is 5.41 Å². The van der Waals surface area contributed by atoms with E-state index in [2.05, 4.69) is 6.07 Å². The van der Waals surface area contributed by atoms with Crippen LogP contribution >= 0.6 is 0 Å².